The zero-order chi connectivity index (χ0) is 15.4. The summed E-state index contributed by atoms with van der Waals surface area (Å²) >= 11 is 0. The molecule has 0 aromatic heterocycles. The standard InChI is InChI=1S/C17H24N2O3/c1-13-4-7-19(8-5-13)9-6-17(20)18-11-14-2-3-15-16(10-14)22-12-21-15/h2-3,10,13H,4-9,11-12H2,1H3,(H,18,20). The Kier molecular flexibility index (Phi) is 4.83. The molecule has 2 aliphatic rings. The van der Waals surface area contributed by atoms with Crippen molar-refractivity contribution in [2.45, 2.75) is 32.7 Å². The van der Waals surface area contributed by atoms with Crippen LogP contribution in [0.15, 0.2) is 18.2 Å². The van der Waals surface area contributed by atoms with Crippen molar-refractivity contribution >= 4 is 5.91 Å². The van der Waals surface area contributed by atoms with Gasteiger partial charge in [-0.05, 0) is 49.5 Å². The molecule has 5 heteroatoms. The largest absolute Gasteiger partial charge is 0.454 e. The van der Waals surface area contributed by atoms with Gasteiger partial charge in [0.2, 0.25) is 12.7 Å². The summed E-state index contributed by atoms with van der Waals surface area (Å²) in [5, 5.41) is 2.98. The minimum atomic E-state index is 0.108. The van der Waals surface area contributed by atoms with E-state index in [0.717, 1.165) is 42.6 Å². The van der Waals surface area contributed by atoms with Gasteiger partial charge in [0.25, 0.3) is 0 Å². The molecule has 0 saturated carbocycles. The van der Waals surface area contributed by atoms with E-state index in [0.29, 0.717) is 13.0 Å². The van der Waals surface area contributed by atoms with Crippen LogP contribution in [0, 0.1) is 5.92 Å². The van der Waals surface area contributed by atoms with E-state index >= 15 is 0 Å². The van der Waals surface area contributed by atoms with E-state index in [-0.39, 0.29) is 12.7 Å². The summed E-state index contributed by atoms with van der Waals surface area (Å²) in [5.74, 6) is 2.47. The molecule has 120 valence electrons. The molecule has 22 heavy (non-hydrogen) atoms. The zero-order valence-electron chi connectivity index (χ0n) is 13.1. The summed E-state index contributed by atoms with van der Waals surface area (Å²) in [6, 6.07) is 5.77. The van der Waals surface area contributed by atoms with Gasteiger partial charge in [-0.25, -0.2) is 0 Å². The summed E-state index contributed by atoms with van der Waals surface area (Å²) in [4.78, 5) is 14.4. The molecule has 0 spiro atoms. The van der Waals surface area contributed by atoms with Crippen LogP contribution in [0.1, 0.15) is 31.7 Å². The number of likely N-dealkylation sites (tertiary alicyclic amines) is 1. The molecule has 1 fully saturated rings. The lowest BCUT2D eigenvalue weighted by Crippen LogP contribution is -2.36. The minimum absolute atomic E-state index is 0.108. The van der Waals surface area contributed by atoms with E-state index in [9.17, 15) is 4.79 Å². The lowest BCUT2D eigenvalue weighted by molar-refractivity contribution is -0.121. The van der Waals surface area contributed by atoms with Gasteiger partial charge >= 0.3 is 0 Å². The van der Waals surface area contributed by atoms with Gasteiger partial charge in [0.05, 0.1) is 0 Å². The summed E-state index contributed by atoms with van der Waals surface area (Å²) in [5.41, 5.74) is 1.03. The quantitative estimate of drug-likeness (QED) is 0.905. The fourth-order valence-corrected chi connectivity index (χ4v) is 2.89. The second-order valence-corrected chi connectivity index (χ2v) is 6.24. The molecule has 3 rings (SSSR count). The maximum absolute atomic E-state index is 12.0. The molecule has 0 bridgehead atoms. The van der Waals surface area contributed by atoms with Gasteiger partial charge in [-0.2, -0.15) is 0 Å². The van der Waals surface area contributed by atoms with Gasteiger partial charge in [-0.15, -0.1) is 0 Å². The van der Waals surface area contributed by atoms with Crippen LogP contribution in [0.4, 0.5) is 0 Å². The molecule has 1 aromatic rings. The first kappa shape index (κ1) is 15.2. The molecule has 1 amide bonds. The lowest BCUT2D eigenvalue weighted by Gasteiger charge is -2.29. The maximum atomic E-state index is 12.0. The number of fused-ring (bicyclic) bond motifs is 1. The topological polar surface area (TPSA) is 50.8 Å². The molecule has 2 heterocycles. The van der Waals surface area contributed by atoms with Crippen molar-refractivity contribution in [3.05, 3.63) is 23.8 Å². The van der Waals surface area contributed by atoms with Crippen LogP contribution in [-0.2, 0) is 11.3 Å². The number of nitrogens with one attached hydrogen (secondary N) is 1. The summed E-state index contributed by atoms with van der Waals surface area (Å²) in [6.07, 6.45) is 3.07. The molecule has 5 nitrogen and oxygen atoms in total. The highest BCUT2D eigenvalue weighted by atomic mass is 16.7. The van der Waals surface area contributed by atoms with Crippen LogP contribution in [0.3, 0.4) is 0 Å². The fourth-order valence-electron chi connectivity index (χ4n) is 2.89. The van der Waals surface area contributed by atoms with Crippen molar-refractivity contribution in [1.82, 2.24) is 10.2 Å². The number of amides is 1. The molecule has 1 N–H and O–H groups in total. The molecule has 0 aliphatic carbocycles. The Morgan fingerprint density at radius 3 is 2.86 bits per heavy atom. The van der Waals surface area contributed by atoms with Crippen LogP contribution in [0.5, 0.6) is 11.5 Å². The first-order valence-electron chi connectivity index (χ1n) is 8.08. The van der Waals surface area contributed by atoms with E-state index in [2.05, 4.69) is 17.1 Å². The Balaban J connectivity index is 1.39. The van der Waals surface area contributed by atoms with Crippen LogP contribution < -0.4 is 14.8 Å². The Bertz CT molecular complexity index is 525. The third-order valence-electron chi connectivity index (χ3n) is 4.46. The van der Waals surface area contributed by atoms with Gasteiger partial charge in [0, 0.05) is 19.5 Å². The molecule has 0 unspecified atom stereocenters. The van der Waals surface area contributed by atoms with E-state index in [1.165, 1.54) is 12.8 Å². The van der Waals surface area contributed by atoms with Crippen LogP contribution in [-0.4, -0.2) is 37.2 Å². The predicted octanol–water partition coefficient (Wildman–Crippen LogP) is 2.15. The van der Waals surface area contributed by atoms with Crippen LogP contribution in [0.25, 0.3) is 0 Å². The third kappa shape index (κ3) is 3.91. The number of carbonyl (C=O) groups excluding carboxylic acids is 1. The monoisotopic (exact) mass is 304 g/mol. The molecule has 0 atom stereocenters. The van der Waals surface area contributed by atoms with Crippen molar-refractivity contribution in [3.8, 4) is 11.5 Å². The van der Waals surface area contributed by atoms with Crippen molar-refractivity contribution in [1.29, 1.82) is 0 Å². The Morgan fingerprint density at radius 2 is 2.05 bits per heavy atom. The molecule has 1 aromatic carbocycles. The minimum Gasteiger partial charge on any atom is -0.454 e. The average molecular weight is 304 g/mol. The summed E-state index contributed by atoms with van der Waals surface area (Å²) in [6.45, 7) is 6.22. The molecular formula is C17H24N2O3. The Labute approximate surface area is 131 Å². The van der Waals surface area contributed by atoms with Crippen molar-refractivity contribution in [2.75, 3.05) is 26.4 Å². The maximum Gasteiger partial charge on any atom is 0.231 e. The second-order valence-electron chi connectivity index (χ2n) is 6.24. The number of piperidine rings is 1. The third-order valence-corrected chi connectivity index (χ3v) is 4.46. The van der Waals surface area contributed by atoms with E-state index in [4.69, 9.17) is 9.47 Å². The predicted molar refractivity (Wildman–Crippen MR) is 83.9 cm³/mol. The summed E-state index contributed by atoms with van der Waals surface area (Å²) < 4.78 is 10.6. The van der Waals surface area contributed by atoms with E-state index in [1.54, 1.807) is 0 Å². The molecule has 2 aliphatic heterocycles. The normalized spacial score (nSPS) is 18.4. The number of benzene rings is 1. The number of nitrogens with zero attached hydrogens (tertiary/aromatic N) is 1. The van der Waals surface area contributed by atoms with Gasteiger partial charge in [-0.3, -0.25) is 4.79 Å². The van der Waals surface area contributed by atoms with Gasteiger partial charge in [0.1, 0.15) is 0 Å². The van der Waals surface area contributed by atoms with Crippen molar-refractivity contribution in [3.63, 3.8) is 0 Å². The first-order chi connectivity index (χ1) is 10.7. The SMILES string of the molecule is CC1CCN(CCC(=O)NCc2ccc3c(c2)OCO3)CC1. The fraction of sp³-hybridized carbons (Fsp3) is 0.588. The highest BCUT2D eigenvalue weighted by Gasteiger charge is 2.16. The number of rotatable bonds is 5. The van der Waals surface area contributed by atoms with Crippen molar-refractivity contribution in [2.24, 2.45) is 5.92 Å². The Morgan fingerprint density at radius 1 is 1.27 bits per heavy atom. The van der Waals surface area contributed by atoms with Gasteiger partial charge in [0.15, 0.2) is 11.5 Å². The molecule has 0 radical (unpaired) electrons. The van der Waals surface area contributed by atoms with Crippen molar-refractivity contribution < 1.29 is 14.3 Å². The first-order valence-corrected chi connectivity index (χ1v) is 8.08. The zero-order valence-corrected chi connectivity index (χ0v) is 13.1. The Hall–Kier alpha value is -1.75. The number of ether oxygens (including phenoxy) is 2. The highest BCUT2D eigenvalue weighted by molar-refractivity contribution is 5.76. The number of hydrogen-bond acceptors (Lipinski definition) is 4. The lowest BCUT2D eigenvalue weighted by atomic mass is 9.99. The number of carbonyl (C=O) groups is 1. The average Bonchev–Trinajstić information content (AvgIpc) is 3.00. The number of hydrogen-bond donors (Lipinski definition) is 1. The van der Waals surface area contributed by atoms with E-state index < -0.39 is 0 Å². The van der Waals surface area contributed by atoms with Gasteiger partial charge < -0.3 is 19.7 Å². The highest BCUT2D eigenvalue weighted by Crippen LogP contribution is 2.32. The summed E-state index contributed by atoms with van der Waals surface area (Å²) in [7, 11) is 0. The van der Waals surface area contributed by atoms with Crippen LogP contribution >= 0.6 is 0 Å². The van der Waals surface area contributed by atoms with E-state index in [1.807, 2.05) is 18.2 Å². The van der Waals surface area contributed by atoms with Gasteiger partial charge in [-0.1, -0.05) is 13.0 Å². The molecular weight excluding hydrogens is 280 g/mol. The van der Waals surface area contributed by atoms with Crippen LogP contribution in [0.2, 0.25) is 0 Å². The molecule has 1 saturated heterocycles. The second kappa shape index (κ2) is 7.01. The smallest absolute Gasteiger partial charge is 0.231 e.